The third kappa shape index (κ3) is 2.13. The van der Waals surface area contributed by atoms with Crippen molar-refractivity contribution >= 4 is 11.5 Å². The summed E-state index contributed by atoms with van der Waals surface area (Å²) in [6.45, 7) is 6.66. The third-order valence-corrected chi connectivity index (χ3v) is 3.50. The molecule has 1 aliphatic rings. The fourth-order valence-corrected chi connectivity index (χ4v) is 2.41. The largest absolute Gasteiger partial charge is 0.368 e. The number of hydrogen-bond acceptors (Lipinski definition) is 6. The highest BCUT2D eigenvalue weighted by Crippen LogP contribution is 2.16. The zero-order chi connectivity index (χ0) is 12.4. The Morgan fingerprint density at radius 1 is 1.44 bits per heavy atom. The van der Waals surface area contributed by atoms with Crippen LogP contribution in [0.1, 0.15) is 13.3 Å². The lowest BCUT2D eigenvalue weighted by atomic mass is 10.1. The molecule has 0 radical (unpaired) electrons. The molecule has 1 N–H and O–H groups in total. The van der Waals surface area contributed by atoms with Crippen molar-refractivity contribution in [2.75, 3.05) is 31.5 Å². The summed E-state index contributed by atoms with van der Waals surface area (Å²) >= 11 is 0. The van der Waals surface area contributed by atoms with Crippen LogP contribution in [-0.4, -0.2) is 56.1 Å². The van der Waals surface area contributed by atoms with Crippen molar-refractivity contribution < 1.29 is 0 Å². The standard InChI is InChI=1S/C11H17N7/c1-2-17-4-3-9(8-17)5-13-10-6-12-7-11-14-15-16-18(10)11/h6-7,9,13H,2-5,8H2,1H3. The molecule has 3 rings (SSSR count). The summed E-state index contributed by atoms with van der Waals surface area (Å²) in [6, 6.07) is 0. The van der Waals surface area contributed by atoms with Gasteiger partial charge in [-0.25, -0.2) is 0 Å². The monoisotopic (exact) mass is 247 g/mol. The Balaban J connectivity index is 1.65. The summed E-state index contributed by atoms with van der Waals surface area (Å²) in [5, 5.41) is 14.8. The summed E-state index contributed by atoms with van der Waals surface area (Å²) in [4.78, 5) is 6.60. The van der Waals surface area contributed by atoms with Gasteiger partial charge in [-0.05, 0) is 35.9 Å². The molecule has 0 aromatic carbocycles. The van der Waals surface area contributed by atoms with E-state index in [0.717, 1.165) is 18.9 Å². The van der Waals surface area contributed by atoms with Crippen molar-refractivity contribution in [2.45, 2.75) is 13.3 Å². The zero-order valence-corrected chi connectivity index (χ0v) is 10.5. The van der Waals surface area contributed by atoms with Crippen molar-refractivity contribution in [3.05, 3.63) is 12.4 Å². The van der Waals surface area contributed by atoms with Crippen molar-refractivity contribution in [3.63, 3.8) is 0 Å². The van der Waals surface area contributed by atoms with E-state index in [1.54, 1.807) is 16.9 Å². The van der Waals surface area contributed by atoms with Crippen LogP contribution in [0.3, 0.4) is 0 Å². The molecule has 1 aliphatic heterocycles. The number of nitrogens with one attached hydrogen (secondary N) is 1. The number of tetrazole rings is 1. The van der Waals surface area contributed by atoms with Gasteiger partial charge in [0.2, 0.25) is 0 Å². The first kappa shape index (κ1) is 11.3. The van der Waals surface area contributed by atoms with Gasteiger partial charge in [-0.1, -0.05) is 6.92 Å². The molecular weight excluding hydrogens is 230 g/mol. The SMILES string of the molecule is CCN1CCC(CNc2cncc3nnnn23)C1. The number of likely N-dealkylation sites (tertiary alicyclic amines) is 1. The molecule has 0 bridgehead atoms. The predicted molar refractivity (Wildman–Crippen MR) is 67.3 cm³/mol. The first-order chi connectivity index (χ1) is 8.86. The average molecular weight is 247 g/mol. The van der Waals surface area contributed by atoms with Crippen LogP contribution in [0.5, 0.6) is 0 Å². The van der Waals surface area contributed by atoms with Gasteiger partial charge in [-0.15, -0.1) is 5.10 Å². The summed E-state index contributed by atoms with van der Waals surface area (Å²) in [5.74, 6) is 1.55. The maximum Gasteiger partial charge on any atom is 0.199 e. The lowest BCUT2D eigenvalue weighted by Gasteiger charge is -2.14. The molecule has 18 heavy (non-hydrogen) atoms. The second-order valence-electron chi connectivity index (χ2n) is 4.67. The molecule has 0 amide bonds. The van der Waals surface area contributed by atoms with Crippen LogP contribution in [0.25, 0.3) is 5.65 Å². The van der Waals surface area contributed by atoms with E-state index in [1.165, 1.54) is 19.5 Å². The smallest absolute Gasteiger partial charge is 0.199 e. The molecule has 1 atom stereocenters. The Morgan fingerprint density at radius 3 is 3.22 bits per heavy atom. The van der Waals surface area contributed by atoms with Gasteiger partial charge >= 0.3 is 0 Å². The highest BCUT2D eigenvalue weighted by molar-refractivity contribution is 5.43. The number of anilines is 1. The number of hydrogen-bond donors (Lipinski definition) is 1. The van der Waals surface area contributed by atoms with Crippen LogP contribution in [-0.2, 0) is 0 Å². The van der Waals surface area contributed by atoms with Gasteiger partial charge in [-0.2, -0.15) is 4.52 Å². The second kappa shape index (κ2) is 4.85. The Hall–Kier alpha value is -1.76. The van der Waals surface area contributed by atoms with Crippen molar-refractivity contribution in [2.24, 2.45) is 5.92 Å². The lowest BCUT2D eigenvalue weighted by Crippen LogP contribution is -2.23. The second-order valence-corrected chi connectivity index (χ2v) is 4.67. The van der Waals surface area contributed by atoms with Crippen molar-refractivity contribution in [1.29, 1.82) is 0 Å². The molecule has 3 heterocycles. The van der Waals surface area contributed by atoms with E-state index in [9.17, 15) is 0 Å². The van der Waals surface area contributed by atoms with Crippen LogP contribution >= 0.6 is 0 Å². The number of nitrogens with zero attached hydrogens (tertiary/aromatic N) is 6. The Morgan fingerprint density at radius 2 is 2.39 bits per heavy atom. The van der Waals surface area contributed by atoms with Gasteiger partial charge in [0.1, 0.15) is 5.82 Å². The van der Waals surface area contributed by atoms with Gasteiger partial charge in [0.05, 0.1) is 12.4 Å². The van der Waals surface area contributed by atoms with Crippen molar-refractivity contribution in [3.8, 4) is 0 Å². The van der Waals surface area contributed by atoms with Crippen LogP contribution in [0.15, 0.2) is 12.4 Å². The van der Waals surface area contributed by atoms with Crippen molar-refractivity contribution in [1.82, 2.24) is 29.9 Å². The van der Waals surface area contributed by atoms with E-state index >= 15 is 0 Å². The first-order valence-corrected chi connectivity index (χ1v) is 6.35. The molecule has 1 saturated heterocycles. The quantitative estimate of drug-likeness (QED) is 0.836. The molecule has 0 spiro atoms. The van der Waals surface area contributed by atoms with Crippen LogP contribution in [0.4, 0.5) is 5.82 Å². The van der Waals surface area contributed by atoms with Gasteiger partial charge in [0.15, 0.2) is 5.65 Å². The lowest BCUT2D eigenvalue weighted by molar-refractivity contribution is 0.345. The number of rotatable bonds is 4. The molecule has 7 nitrogen and oxygen atoms in total. The molecule has 1 fully saturated rings. The topological polar surface area (TPSA) is 71.2 Å². The molecule has 7 heteroatoms. The predicted octanol–water partition coefficient (Wildman–Crippen LogP) is 0.273. The number of fused-ring (bicyclic) bond motifs is 1. The van der Waals surface area contributed by atoms with Gasteiger partial charge in [0.25, 0.3) is 0 Å². The maximum atomic E-state index is 4.13. The van der Waals surface area contributed by atoms with Gasteiger partial charge in [-0.3, -0.25) is 4.98 Å². The Kier molecular flexibility index (Phi) is 3.06. The first-order valence-electron chi connectivity index (χ1n) is 6.35. The van der Waals surface area contributed by atoms with E-state index in [4.69, 9.17) is 0 Å². The minimum Gasteiger partial charge on any atom is -0.368 e. The Bertz CT molecular complexity index is 523. The van der Waals surface area contributed by atoms with Crippen LogP contribution in [0, 0.1) is 5.92 Å². The average Bonchev–Trinajstić information content (AvgIpc) is 3.05. The van der Waals surface area contributed by atoms with E-state index in [1.807, 2.05) is 0 Å². The Labute approximate surface area is 105 Å². The summed E-state index contributed by atoms with van der Waals surface area (Å²) in [6.07, 6.45) is 4.66. The molecule has 96 valence electrons. The van der Waals surface area contributed by atoms with Crippen LogP contribution < -0.4 is 5.32 Å². The fourth-order valence-electron chi connectivity index (χ4n) is 2.41. The van der Waals surface area contributed by atoms with Crippen LogP contribution in [0.2, 0.25) is 0 Å². The van der Waals surface area contributed by atoms with E-state index in [-0.39, 0.29) is 0 Å². The molecule has 0 aliphatic carbocycles. The van der Waals surface area contributed by atoms with Gasteiger partial charge < -0.3 is 10.2 Å². The molecule has 2 aromatic rings. The van der Waals surface area contributed by atoms with E-state index in [2.05, 4.69) is 37.6 Å². The summed E-state index contributed by atoms with van der Waals surface area (Å²) < 4.78 is 1.68. The normalized spacial score (nSPS) is 20.6. The summed E-state index contributed by atoms with van der Waals surface area (Å²) in [7, 11) is 0. The highest BCUT2D eigenvalue weighted by atomic mass is 15.5. The zero-order valence-electron chi connectivity index (χ0n) is 10.5. The van der Waals surface area contributed by atoms with E-state index < -0.39 is 0 Å². The minimum absolute atomic E-state index is 0.668. The molecular formula is C11H17N7. The van der Waals surface area contributed by atoms with Gasteiger partial charge in [0, 0.05) is 13.1 Å². The highest BCUT2D eigenvalue weighted by Gasteiger charge is 2.20. The third-order valence-electron chi connectivity index (χ3n) is 3.50. The minimum atomic E-state index is 0.668. The molecule has 2 aromatic heterocycles. The maximum absolute atomic E-state index is 4.13. The number of aromatic nitrogens is 5. The summed E-state index contributed by atoms with van der Waals surface area (Å²) in [5.41, 5.74) is 0.668. The molecule has 1 unspecified atom stereocenters. The fraction of sp³-hybridized carbons (Fsp3) is 0.636. The molecule has 0 saturated carbocycles. The van der Waals surface area contributed by atoms with E-state index in [0.29, 0.717) is 11.6 Å².